The Kier molecular flexibility index (Phi) is 6.72. The molecule has 1 aromatic heterocycles. The molecule has 0 unspecified atom stereocenters. The average Bonchev–Trinajstić information content (AvgIpc) is 2.75. The van der Waals surface area contributed by atoms with Crippen LogP contribution in [0.25, 0.3) is 5.69 Å². The first-order chi connectivity index (χ1) is 15.2. The molecule has 0 atom stereocenters. The van der Waals surface area contributed by atoms with E-state index in [1.165, 1.54) is 44.6 Å². The molecule has 3 aromatic rings. The van der Waals surface area contributed by atoms with Gasteiger partial charge in [0.05, 0.1) is 26.5 Å². The SMILES string of the molecule is COc1ccc(-n2nc(C(=O)NC(C)C)c(=O)n(Cc3cccc(F)c3)c2=O)cc1OC. The van der Waals surface area contributed by atoms with Gasteiger partial charge < -0.3 is 14.8 Å². The molecule has 1 N–H and O–H groups in total. The fourth-order valence-electron chi connectivity index (χ4n) is 3.07. The molecule has 0 spiro atoms. The van der Waals surface area contributed by atoms with E-state index >= 15 is 0 Å². The van der Waals surface area contributed by atoms with Gasteiger partial charge in [-0.05, 0) is 43.7 Å². The van der Waals surface area contributed by atoms with Crippen molar-refractivity contribution in [3.05, 3.63) is 80.4 Å². The monoisotopic (exact) mass is 442 g/mol. The maximum Gasteiger partial charge on any atom is 0.352 e. The van der Waals surface area contributed by atoms with Gasteiger partial charge in [-0.3, -0.25) is 14.2 Å². The van der Waals surface area contributed by atoms with E-state index in [4.69, 9.17) is 9.47 Å². The first-order valence-corrected chi connectivity index (χ1v) is 9.77. The van der Waals surface area contributed by atoms with E-state index in [1.807, 2.05) is 0 Å². The van der Waals surface area contributed by atoms with Crippen molar-refractivity contribution in [3.8, 4) is 17.2 Å². The van der Waals surface area contributed by atoms with E-state index in [2.05, 4.69) is 10.4 Å². The molecule has 0 fully saturated rings. The zero-order chi connectivity index (χ0) is 23.4. The van der Waals surface area contributed by atoms with Crippen LogP contribution in [0, 0.1) is 5.82 Å². The summed E-state index contributed by atoms with van der Waals surface area (Å²) in [5, 5.41) is 6.64. The summed E-state index contributed by atoms with van der Waals surface area (Å²) in [5.41, 5.74) is -1.52. The lowest BCUT2D eigenvalue weighted by Crippen LogP contribution is -2.46. The number of benzene rings is 2. The molecule has 0 saturated carbocycles. The third kappa shape index (κ3) is 4.69. The van der Waals surface area contributed by atoms with E-state index in [-0.39, 0.29) is 18.3 Å². The number of hydrogen-bond donors (Lipinski definition) is 1. The average molecular weight is 442 g/mol. The number of nitrogens with one attached hydrogen (secondary N) is 1. The number of nitrogens with zero attached hydrogens (tertiary/aromatic N) is 3. The molecule has 0 aliphatic carbocycles. The van der Waals surface area contributed by atoms with Gasteiger partial charge >= 0.3 is 5.69 Å². The predicted molar refractivity (Wildman–Crippen MR) is 115 cm³/mol. The van der Waals surface area contributed by atoms with Crippen molar-refractivity contribution in [1.82, 2.24) is 19.7 Å². The summed E-state index contributed by atoms with van der Waals surface area (Å²) in [6.07, 6.45) is 0. The molecule has 0 radical (unpaired) electrons. The van der Waals surface area contributed by atoms with Crippen molar-refractivity contribution in [2.75, 3.05) is 14.2 Å². The third-order valence-electron chi connectivity index (χ3n) is 4.54. The molecule has 0 aliphatic heterocycles. The number of hydrogen-bond acceptors (Lipinski definition) is 6. The highest BCUT2D eigenvalue weighted by Crippen LogP contribution is 2.28. The molecule has 1 heterocycles. The summed E-state index contributed by atoms with van der Waals surface area (Å²) < 4.78 is 25.9. The van der Waals surface area contributed by atoms with Crippen molar-refractivity contribution in [2.24, 2.45) is 0 Å². The van der Waals surface area contributed by atoms with Crippen LogP contribution in [0.15, 0.2) is 52.1 Å². The summed E-state index contributed by atoms with van der Waals surface area (Å²) in [7, 11) is 2.90. The summed E-state index contributed by atoms with van der Waals surface area (Å²) >= 11 is 0. The highest BCUT2D eigenvalue weighted by Gasteiger charge is 2.21. The minimum Gasteiger partial charge on any atom is -0.493 e. The number of methoxy groups -OCH3 is 2. The first-order valence-electron chi connectivity index (χ1n) is 9.77. The van der Waals surface area contributed by atoms with Crippen LogP contribution >= 0.6 is 0 Å². The summed E-state index contributed by atoms with van der Waals surface area (Å²) in [6, 6.07) is 9.84. The van der Waals surface area contributed by atoms with E-state index in [0.717, 1.165) is 9.25 Å². The van der Waals surface area contributed by atoms with E-state index in [0.29, 0.717) is 17.1 Å². The normalized spacial score (nSPS) is 10.8. The molecule has 2 aromatic carbocycles. The molecular weight excluding hydrogens is 419 g/mol. The van der Waals surface area contributed by atoms with Crippen LogP contribution in [0.1, 0.15) is 29.9 Å². The van der Waals surface area contributed by atoms with E-state index < -0.39 is 28.7 Å². The van der Waals surface area contributed by atoms with Gasteiger partial charge in [-0.15, -0.1) is 0 Å². The van der Waals surface area contributed by atoms with Gasteiger partial charge in [-0.2, -0.15) is 9.78 Å². The predicted octanol–water partition coefficient (Wildman–Crippen LogP) is 1.74. The highest BCUT2D eigenvalue weighted by atomic mass is 19.1. The molecule has 9 nitrogen and oxygen atoms in total. The number of halogens is 1. The maximum atomic E-state index is 13.6. The van der Waals surface area contributed by atoms with Crippen molar-refractivity contribution >= 4 is 5.91 Å². The molecule has 168 valence electrons. The number of carbonyl (C=O) groups is 1. The topological polar surface area (TPSA) is 104 Å². The molecule has 3 rings (SSSR count). The lowest BCUT2D eigenvalue weighted by molar-refractivity contribution is 0.0933. The quantitative estimate of drug-likeness (QED) is 0.598. The van der Waals surface area contributed by atoms with Gasteiger partial charge in [0.1, 0.15) is 5.82 Å². The van der Waals surface area contributed by atoms with Crippen LogP contribution in [0.5, 0.6) is 11.5 Å². The number of aromatic nitrogens is 3. The van der Waals surface area contributed by atoms with Crippen molar-refractivity contribution in [3.63, 3.8) is 0 Å². The van der Waals surface area contributed by atoms with Gasteiger partial charge in [0.2, 0.25) is 5.69 Å². The molecule has 10 heteroatoms. The van der Waals surface area contributed by atoms with E-state index in [1.54, 1.807) is 26.0 Å². The Bertz CT molecular complexity index is 1270. The van der Waals surface area contributed by atoms with Crippen molar-refractivity contribution < 1.29 is 18.7 Å². The molecular formula is C22H23FN4O5. The highest BCUT2D eigenvalue weighted by molar-refractivity contribution is 5.91. The second-order valence-electron chi connectivity index (χ2n) is 7.23. The zero-order valence-corrected chi connectivity index (χ0v) is 18.1. The Labute approximate surface area is 183 Å². The van der Waals surface area contributed by atoms with Gasteiger partial charge in [0.25, 0.3) is 11.5 Å². The molecule has 0 saturated heterocycles. The standard InChI is InChI=1S/C22H23FN4O5/c1-13(2)24-20(28)19-21(29)26(12-14-6-5-7-15(23)10-14)22(30)27(25-19)16-8-9-17(31-3)18(11-16)32-4/h5-11,13H,12H2,1-4H3,(H,24,28). The first kappa shape index (κ1) is 22.7. The Hall–Kier alpha value is -3.95. The van der Waals surface area contributed by atoms with Gasteiger partial charge in [0, 0.05) is 12.1 Å². The molecule has 0 bridgehead atoms. The third-order valence-corrected chi connectivity index (χ3v) is 4.54. The fourth-order valence-corrected chi connectivity index (χ4v) is 3.07. The lowest BCUT2D eigenvalue weighted by Gasteiger charge is -2.14. The van der Waals surface area contributed by atoms with Crippen LogP contribution in [0.4, 0.5) is 4.39 Å². The fraction of sp³-hybridized carbons (Fsp3) is 0.273. The van der Waals surface area contributed by atoms with E-state index in [9.17, 15) is 18.8 Å². The number of carbonyl (C=O) groups excluding carboxylic acids is 1. The number of ether oxygens (including phenoxy) is 2. The van der Waals surface area contributed by atoms with Crippen LogP contribution in [-0.4, -0.2) is 40.5 Å². The van der Waals surface area contributed by atoms with Crippen LogP contribution in [0.3, 0.4) is 0 Å². The smallest absolute Gasteiger partial charge is 0.352 e. The van der Waals surface area contributed by atoms with Crippen molar-refractivity contribution in [1.29, 1.82) is 0 Å². The van der Waals surface area contributed by atoms with Gasteiger partial charge in [-0.1, -0.05) is 12.1 Å². The number of amides is 1. The second-order valence-corrected chi connectivity index (χ2v) is 7.23. The van der Waals surface area contributed by atoms with Crippen LogP contribution < -0.4 is 26.0 Å². The summed E-state index contributed by atoms with van der Waals surface area (Å²) in [4.78, 5) is 38.8. The van der Waals surface area contributed by atoms with Crippen molar-refractivity contribution in [2.45, 2.75) is 26.4 Å². The Balaban J connectivity index is 2.24. The number of rotatable bonds is 7. The molecule has 1 amide bonds. The van der Waals surface area contributed by atoms with Gasteiger partial charge in [-0.25, -0.2) is 9.18 Å². The van der Waals surface area contributed by atoms with Crippen LogP contribution in [-0.2, 0) is 6.54 Å². The largest absolute Gasteiger partial charge is 0.493 e. The summed E-state index contributed by atoms with van der Waals surface area (Å²) in [6.45, 7) is 3.22. The van der Waals surface area contributed by atoms with Crippen LogP contribution in [0.2, 0.25) is 0 Å². The lowest BCUT2D eigenvalue weighted by atomic mass is 10.2. The molecule has 32 heavy (non-hydrogen) atoms. The molecule has 0 aliphatic rings. The minimum atomic E-state index is -0.880. The zero-order valence-electron chi connectivity index (χ0n) is 18.1. The Morgan fingerprint density at radius 3 is 2.44 bits per heavy atom. The summed E-state index contributed by atoms with van der Waals surface area (Å²) in [5.74, 6) is -0.486. The maximum absolute atomic E-state index is 13.6. The minimum absolute atomic E-state index is 0.243. The second kappa shape index (κ2) is 9.46. The van der Waals surface area contributed by atoms with Gasteiger partial charge in [0.15, 0.2) is 11.5 Å². The Morgan fingerprint density at radius 1 is 1.09 bits per heavy atom. The Morgan fingerprint density at radius 2 is 1.81 bits per heavy atom.